The maximum atomic E-state index is 12.3. The minimum Gasteiger partial charge on any atom is -0.370 e. The lowest BCUT2D eigenvalue weighted by Crippen LogP contribution is -2.54. The highest BCUT2D eigenvalue weighted by Gasteiger charge is 2.37. The number of para-hydroxylation sites is 1. The Morgan fingerprint density at radius 2 is 1.73 bits per heavy atom. The Kier molecular flexibility index (Phi) is 6.40. The summed E-state index contributed by atoms with van der Waals surface area (Å²) >= 11 is 0. The van der Waals surface area contributed by atoms with E-state index in [1.54, 1.807) is 0 Å². The predicted molar refractivity (Wildman–Crippen MR) is 121 cm³/mol. The van der Waals surface area contributed by atoms with E-state index < -0.39 is 0 Å². The monoisotopic (exact) mass is 407 g/mol. The number of rotatable bonds is 7. The molecule has 2 aromatic rings. The summed E-state index contributed by atoms with van der Waals surface area (Å²) in [5, 5.41) is 3.08. The average molecular weight is 408 g/mol. The van der Waals surface area contributed by atoms with Crippen molar-refractivity contribution in [1.29, 1.82) is 0 Å². The van der Waals surface area contributed by atoms with Gasteiger partial charge in [-0.2, -0.15) is 0 Å². The van der Waals surface area contributed by atoms with E-state index in [4.69, 9.17) is 4.74 Å². The van der Waals surface area contributed by atoms with Crippen LogP contribution in [0.3, 0.4) is 0 Å². The first-order valence-electron chi connectivity index (χ1n) is 11.2. The first-order chi connectivity index (χ1) is 14.6. The molecule has 0 aliphatic carbocycles. The lowest BCUT2D eigenvalue weighted by molar-refractivity contribution is -0.0894. The molecule has 1 saturated heterocycles. The van der Waals surface area contributed by atoms with Gasteiger partial charge in [0, 0.05) is 32.8 Å². The van der Waals surface area contributed by atoms with Crippen molar-refractivity contribution in [2.24, 2.45) is 0 Å². The van der Waals surface area contributed by atoms with E-state index in [1.807, 2.05) is 18.2 Å². The van der Waals surface area contributed by atoms with Crippen LogP contribution in [0, 0.1) is 0 Å². The molecule has 0 aromatic heterocycles. The number of nitrogens with one attached hydrogen (secondary N) is 1. The molecular formula is C25H33N3O2. The Morgan fingerprint density at radius 3 is 2.47 bits per heavy atom. The summed E-state index contributed by atoms with van der Waals surface area (Å²) in [6.45, 7) is 8.95. The van der Waals surface area contributed by atoms with Gasteiger partial charge in [-0.15, -0.1) is 0 Å². The van der Waals surface area contributed by atoms with Crippen LogP contribution in [0.1, 0.15) is 49.0 Å². The van der Waals surface area contributed by atoms with Gasteiger partial charge in [0.2, 0.25) is 0 Å². The molecule has 0 radical (unpaired) electrons. The summed E-state index contributed by atoms with van der Waals surface area (Å²) in [5.74, 6) is 0.0213. The summed E-state index contributed by atoms with van der Waals surface area (Å²) in [6.07, 6.45) is 3.07. The minimum absolute atomic E-state index is 0.00786. The van der Waals surface area contributed by atoms with Gasteiger partial charge in [0.25, 0.3) is 5.91 Å². The predicted octanol–water partition coefficient (Wildman–Crippen LogP) is 4.00. The van der Waals surface area contributed by atoms with Gasteiger partial charge in [-0.3, -0.25) is 4.79 Å². The molecule has 2 aromatic carbocycles. The molecule has 5 nitrogen and oxygen atoms in total. The van der Waals surface area contributed by atoms with Crippen molar-refractivity contribution in [1.82, 2.24) is 10.2 Å². The minimum atomic E-state index is -0.160. The van der Waals surface area contributed by atoms with E-state index in [9.17, 15) is 4.79 Å². The highest BCUT2D eigenvalue weighted by Crippen LogP contribution is 2.37. The summed E-state index contributed by atoms with van der Waals surface area (Å²) in [7, 11) is 0. The second-order valence-electron chi connectivity index (χ2n) is 8.41. The lowest BCUT2D eigenvalue weighted by Gasteiger charge is -2.43. The van der Waals surface area contributed by atoms with Crippen LogP contribution in [0.4, 0.5) is 5.69 Å². The highest BCUT2D eigenvalue weighted by atomic mass is 16.5. The van der Waals surface area contributed by atoms with E-state index in [2.05, 4.69) is 65.4 Å². The SMILES string of the molecule is CCCOC1(c2ccccc2)CCN(CCN2c3ccccc3C(=O)NC2C)CC1. The molecule has 4 rings (SSSR count). The third-order valence-corrected chi connectivity index (χ3v) is 6.47. The third kappa shape index (κ3) is 4.23. The zero-order chi connectivity index (χ0) is 21.0. The smallest absolute Gasteiger partial charge is 0.254 e. The van der Waals surface area contributed by atoms with Gasteiger partial charge < -0.3 is 19.9 Å². The number of benzene rings is 2. The fraction of sp³-hybridized carbons (Fsp3) is 0.480. The third-order valence-electron chi connectivity index (χ3n) is 6.47. The van der Waals surface area contributed by atoms with Crippen LogP contribution in [-0.2, 0) is 10.3 Å². The molecule has 1 fully saturated rings. The van der Waals surface area contributed by atoms with Crippen LogP contribution in [0.25, 0.3) is 0 Å². The quantitative estimate of drug-likeness (QED) is 0.754. The molecule has 1 N–H and O–H groups in total. The van der Waals surface area contributed by atoms with Gasteiger partial charge in [-0.1, -0.05) is 49.4 Å². The molecule has 0 saturated carbocycles. The first kappa shape index (κ1) is 20.9. The highest BCUT2D eigenvalue weighted by molar-refractivity contribution is 6.01. The largest absolute Gasteiger partial charge is 0.370 e. The van der Waals surface area contributed by atoms with E-state index in [1.165, 1.54) is 5.56 Å². The number of amides is 1. The molecule has 5 heteroatoms. The molecule has 1 atom stereocenters. The van der Waals surface area contributed by atoms with Crippen molar-refractivity contribution in [3.8, 4) is 0 Å². The molecule has 1 amide bonds. The number of ether oxygens (including phenoxy) is 1. The Labute approximate surface area is 180 Å². The van der Waals surface area contributed by atoms with E-state index >= 15 is 0 Å². The Bertz CT molecular complexity index is 846. The fourth-order valence-electron chi connectivity index (χ4n) is 4.73. The summed E-state index contributed by atoms with van der Waals surface area (Å²) in [5.41, 5.74) is 2.95. The maximum Gasteiger partial charge on any atom is 0.254 e. The topological polar surface area (TPSA) is 44.8 Å². The normalized spacial score (nSPS) is 21.2. The number of likely N-dealkylation sites (tertiary alicyclic amines) is 1. The van der Waals surface area contributed by atoms with Gasteiger partial charge in [0.1, 0.15) is 0 Å². The number of carbonyl (C=O) groups is 1. The van der Waals surface area contributed by atoms with Gasteiger partial charge in [-0.25, -0.2) is 0 Å². The molecule has 1 unspecified atom stereocenters. The van der Waals surface area contributed by atoms with Crippen molar-refractivity contribution >= 4 is 11.6 Å². The van der Waals surface area contributed by atoms with Crippen LogP contribution in [-0.4, -0.2) is 49.8 Å². The number of hydrogen-bond acceptors (Lipinski definition) is 4. The molecule has 2 aliphatic rings. The summed E-state index contributed by atoms with van der Waals surface area (Å²) in [6, 6.07) is 18.6. The number of hydrogen-bond donors (Lipinski definition) is 1. The van der Waals surface area contributed by atoms with E-state index in [0.717, 1.165) is 63.3 Å². The summed E-state index contributed by atoms with van der Waals surface area (Å²) < 4.78 is 6.44. The van der Waals surface area contributed by atoms with Crippen LogP contribution >= 0.6 is 0 Å². The fourth-order valence-corrected chi connectivity index (χ4v) is 4.73. The standard InChI is InChI=1S/C25H33N3O2/c1-3-19-30-25(21-9-5-4-6-10-21)13-15-27(16-14-25)17-18-28-20(2)26-24(29)22-11-7-8-12-23(22)28/h4-12,20H,3,13-19H2,1-2H3,(H,26,29). The molecule has 2 aliphatic heterocycles. The molecule has 30 heavy (non-hydrogen) atoms. The van der Waals surface area contributed by atoms with Gasteiger partial charge in [-0.05, 0) is 43.9 Å². The van der Waals surface area contributed by atoms with Gasteiger partial charge in [0.05, 0.1) is 23.0 Å². The van der Waals surface area contributed by atoms with Crippen molar-refractivity contribution in [2.75, 3.05) is 37.7 Å². The van der Waals surface area contributed by atoms with Crippen LogP contribution in [0.5, 0.6) is 0 Å². The zero-order valence-electron chi connectivity index (χ0n) is 18.1. The number of piperidine rings is 1. The van der Waals surface area contributed by atoms with Crippen molar-refractivity contribution < 1.29 is 9.53 Å². The number of nitrogens with zero attached hydrogens (tertiary/aromatic N) is 2. The number of carbonyl (C=O) groups excluding carboxylic acids is 1. The van der Waals surface area contributed by atoms with Crippen molar-refractivity contribution in [2.45, 2.75) is 44.9 Å². The number of fused-ring (bicyclic) bond motifs is 1. The second kappa shape index (κ2) is 9.19. The Hall–Kier alpha value is -2.37. The maximum absolute atomic E-state index is 12.3. The molecule has 0 spiro atoms. The molecule has 0 bridgehead atoms. The molecular weight excluding hydrogens is 374 g/mol. The summed E-state index contributed by atoms with van der Waals surface area (Å²) in [4.78, 5) is 17.1. The molecule has 2 heterocycles. The van der Waals surface area contributed by atoms with E-state index in [-0.39, 0.29) is 17.7 Å². The van der Waals surface area contributed by atoms with Crippen molar-refractivity contribution in [3.05, 3.63) is 65.7 Å². The Morgan fingerprint density at radius 1 is 1.03 bits per heavy atom. The Balaban J connectivity index is 1.40. The lowest BCUT2D eigenvalue weighted by atomic mass is 9.84. The second-order valence-corrected chi connectivity index (χ2v) is 8.41. The van der Waals surface area contributed by atoms with Gasteiger partial charge >= 0.3 is 0 Å². The molecule has 160 valence electrons. The zero-order valence-corrected chi connectivity index (χ0v) is 18.1. The average Bonchev–Trinajstić information content (AvgIpc) is 2.79. The van der Waals surface area contributed by atoms with Crippen LogP contribution in [0.15, 0.2) is 54.6 Å². The first-order valence-corrected chi connectivity index (χ1v) is 11.2. The van der Waals surface area contributed by atoms with Crippen molar-refractivity contribution in [3.63, 3.8) is 0 Å². The van der Waals surface area contributed by atoms with Gasteiger partial charge in [0.15, 0.2) is 0 Å². The van der Waals surface area contributed by atoms with Crippen LogP contribution < -0.4 is 10.2 Å². The van der Waals surface area contributed by atoms with Crippen LogP contribution in [0.2, 0.25) is 0 Å². The number of anilines is 1. The van der Waals surface area contributed by atoms with E-state index in [0.29, 0.717) is 0 Å².